The molecule has 0 aromatic heterocycles. The number of carbonyl (C=O) groups is 1. The van der Waals surface area contributed by atoms with Crippen LogP contribution in [0.25, 0.3) is 0 Å². The molecule has 1 unspecified atom stereocenters. The van der Waals surface area contributed by atoms with E-state index in [1.807, 2.05) is 38.1 Å². The molecule has 0 spiro atoms. The Morgan fingerprint density at radius 2 is 2.18 bits per heavy atom. The molecule has 0 saturated carbocycles. The fourth-order valence-electron chi connectivity index (χ4n) is 1.44. The monoisotopic (exact) mass is 230 g/mol. The Morgan fingerprint density at radius 3 is 2.76 bits per heavy atom. The van der Waals surface area contributed by atoms with E-state index in [9.17, 15) is 4.79 Å². The summed E-state index contributed by atoms with van der Waals surface area (Å²) in [4.78, 5) is 11.7. The largest absolute Gasteiger partial charge is 0.325 e. The zero-order valence-electron chi connectivity index (χ0n) is 10.3. The first-order chi connectivity index (χ1) is 8.17. The number of hydrogen-bond acceptors (Lipinski definition) is 2. The SMILES string of the molecule is C#CC(CC)NCC(=O)Nc1ccccc1C. The van der Waals surface area contributed by atoms with Crippen LogP contribution in [-0.4, -0.2) is 18.5 Å². The van der Waals surface area contributed by atoms with Crippen LogP contribution in [0.5, 0.6) is 0 Å². The van der Waals surface area contributed by atoms with Gasteiger partial charge in [0.25, 0.3) is 0 Å². The summed E-state index contributed by atoms with van der Waals surface area (Å²) in [6.45, 7) is 4.17. The predicted molar refractivity (Wildman–Crippen MR) is 70.7 cm³/mol. The zero-order chi connectivity index (χ0) is 12.7. The van der Waals surface area contributed by atoms with Gasteiger partial charge in [0, 0.05) is 5.69 Å². The molecule has 0 bridgehead atoms. The lowest BCUT2D eigenvalue weighted by Crippen LogP contribution is -2.35. The zero-order valence-corrected chi connectivity index (χ0v) is 10.3. The smallest absolute Gasteiger partial charge is 0.238 e. The second kappa shape index (κ2) is 6.72. The molecular weight excluding hydrogens is 212 g/mol. The maximum absolute atomic E-state index is 11.7. The molecule has 0 fully saturated rings. The number of para-hydroxylation sites is 1. The second-order valence-corrected chi connectivity index (χ2v) is 3.87. The normalized spacial score (nSPS) is 11.6. The van der Waals surface area contributed by atoms with Gasteiger partial charge in [-0.05, 0) is 25.0 Å². The molecule has 1 amide bonds. The number of hydrogen-bond donors (Lipinski definition) is 2. The van der Waals surface area contributed by atoms with Gasteiger partial charge in [-0.1, -0.05) is 31.0 Å². The highest BCUT2D eigenvalue weighted by atomic mass is 16.1. The van der Waals surface area contributed by atoms with Gasteiger partial charge in [0.1, 0.15) is 0 Å². The number of benzene rings is 1. The van der Waals surface area contributed by atoms with Crippen molar-refractivity contribution in [2.45, 2.75) is 26.3 Å². The van der Waals surface area contributed by atoms with Crippen LogP contribution >= 0.6 is 0 Å². The molecule has 0 radical (unpaired) electrons. The van der Waals surface area contributed by atoms with E-state index in [-0.39, 0.29) is 18.5 Å². The Balaban J connectivity index is 2.46. The first-order valence-electron chi connectivity index (χ1n) is 5.72. The number of nitrogens with one attached hydrogen (secondary N) is 2. The van der Waals surface area contributed by atoms with Crippen LogP contribution < -0.4 is 10.6 Å². The van der Waals surface area contributed by atoms with Gasteiger partial charge in [0.2, 0.25) is 5.91 Å². The molecular formula is C14H18N2O. The molecule has 3 heteroatoms. The summed E-state index contributed by atoms with van der Waals surface area (Å²) in [6, 6.07) is 7.63. The molecule has 0 heterocycles. The van der Waals surface area contributed by atoms with Crippen molar-refractivity contribution in [1.29, 1.82) is 0 Å². The molecule has 1 rings (SSSR count). The molecule has 2 N–H and O–H groups in total. The van der Waals surface area contributed by atoms with E-state index in [0.29, 0.717) is 0 Å². The van der Waals surface area contributed by atoms with Gasteiger partial charge in [-0.25, -0.2) is 0 Å². The van der Waals surface area contributed by atoms with Crippen molar-refractivity contribution in [2.24, 2.45) is 0 Å². The van der Waals surface area contributed by atoms with Gasteiger partial charge in [-0.15, -0.1) is 6.42 Å². The average Bonchev–Trinajstić information content (AvgIpc) is 2.33. The van der Waals surface area contributed by atoms with Crippen LogP contribution in [0.4, 0.5) is 5.69 Å². The second-order valence-electron chi connectivity index (χ2n) is 3.87. The fraction of sp³-hybridized carbons (Fsp3) is 0.357. The maximum Gasteiger partial charge on any atom is 0.238 e. The minimum atomic E-state index is -0.0759. The van der Waals surface area contributed by atoms with Gasteiger partial charge in [-0.3, -0.25) is 10.1 Å². The number of carbonyl (C=O) groups excluding carboxylic acids is 1. The van der Waals surface area contributed by atoms with Gasteiger partial charge < -0.3 is 5.32 Å². The standard InChI is InChI=1S/C14H18N2O/c1-4-12(5-2)15-10-14(17)16-13-9-7-6-8-11(13)3/h1,6-9,12,15H,5,10H2,2-3H3,(H,16,17). The van der Waals surface area contributed by atoms with Crippen LogP contribution in [0.2, 0.25) is 0 Å². The van der Waals surface area contributed by atoms with Crippen molar-refractivity contribution in [2.75, 3.05) is 11.9 Å². The van der Waals surface area contributed by atoms with Crippen molar-refractivity contribution in [3.8, 4) is 12.3 Å². The highest BCUT2D eigenvalue weighted by molar-refractivity contribution is 5.92. The van der Waals surface area contributed by atoms with Crippen molar-refractivity contribution in [3.05, 3.63) is 29.8 Å². The van der Waals surface area contributed by atoms with E-state index in [0.717, 1.165) is 17.7 Å². The van der Waals surface area contributed by atoms with E-state index in [2.05, 4.69) is 16.6 Å². The molecule has 1 atom stereocenters. The molecule has 1 aromatic carbocycles. The van der Waals surface area contributed by atoms with Gasteiger partial charge >= 0.3 is 0 Å². The molecule has 0 aliphatic carbocycles. The summed E-state index contributed by atoms with van der Waals surface area (Å²) in [7, 11) is 0. The Bertz CT molecular complexity index is 420. The molecule has 1 aromatic rings. The van der Waals surface area contributed by atoms with Crippen LogP contribution in [0.15, 0.2) is 24.3 Å². The van der Waals surface area contributed by atoms with Crippen LogP contribution in [0.3, 0.4) is 0 Å². The summed E-state index contributed by atoms with van der Waals surface area (Å²) in [5.41, 5.74) is 1.89. The summed E-state index contributed by atoms with van der Waals surface area (Å²) in [6.07, 6.45) is 6.12. The highest BCUT2D eigenvalue weighted by Gasteiger charge is 2.06. The third-order valence-corrected chi connectivity index (χ3v) is 2.54. The molecule has 0 aliphatic rings. The van der Waals surface area contributed by atoms with Crippen molar-refractivity contribution in [3.63, 3.8) is 0 Å². The lowest BCUT2D eigenvalue weighted by atomic mass is 10.2. The Hall–Kier alpha value is -1.79. The van der Waals surface area contributed by atoms with E-state index < -0.39 is 0 Å². The molecule has 90 valence electrons. The van der Waals surface area contributed by atoms with E-state index in [4.69, 9.17) is 6.42 Å². The van der Waals surface area contributed by atoms with E-state index in [1.165, 1.54) is 0 Å². The lowest BCUT2D eigenvalue weighted by Gasteiger charge is -2.11. The molecule has 17 heavy (non-hydrogen) atoms. The van der Waals surface area contributed by atoms with Crippen LogP contribution in [-0.2, 0) is 4.79 Å². The van der Waals surface area contributed by atoms with Crippen LogP contribution in [0, 0.1) is 19.3 Å². The Labute approximate surface area is 103 Å². The van der Waals surface area contributed by atoms with E-state index >= 15 is 0 Å². The number of rotatable bonds is 5. The molecule has 3 nitrogen and oxygen atoms in total. The quantitative estimate of drug-likeness (QED) is 0.759. The number of anilines is 1. The van der Waals surface area contributed by atoms with Gasteiger partial charge in [0.15, 0.2) is 0 Å². The van der Waals surface area contributed by atoms with Crippen molar-refractivity contribution < 1.29 is 4.79 Å². The van der Waals surface area contributed by atoms with Crippen molar-refractivity contribution >= 4 is 11.6 Å². The fourth-order valence-corrected chi connectivity index (χ4v) is 1.44. The minimum Gasteiger partial charge on any atom is -0.325 e. The van der Waals surface area contributed by atoms with E-state index in [1.54, 1.807) is 0 Å². The summed E-state index contributed by atoms with van der Waals surface area (Å²) >= 11 is 0. The minimum absolute atomic E-state index is 0.0439. The highest BCUT2D eigenvalue weighted by Crippen LogP contribution is 2.12. The number of terminal acetylenes is 1. The average molecular weight is 230 g/mol. The van der Waals surface area contributed by atoms with Crippen LogP contribution in [0.1, 0.15) is 18.9 Å². The third kappa shape index (κ3) is 4.29. The Morgan fingerprint density at radius 1 is 1.47 bits per heavy atom. The topological polar surface area (TPSA) is 41.1 Å². The first kappa shape index (κ1) is 13.3. The summed E-state index contributed by atoms with van der Waals surface area (Å²) < 4.78 is 0. The number of amides is 1. The van der Waals surface area contributed by atoms with Gasteiger partial charge in [0.05, 0.1) is 12.6 Å². The van der Waals surface area contributed by atoms with Gasteiger partial charge in [-0.2, -0.15) is 0 Å². The third-order valence-electron chi connectivity index (χ3n) is 2.54. The lowest BCUT2D eigenvalue weighted by molar-refractivity contribution is -0.115. The summed E-state index contributed by atoms with van der Waals surface area (Å²) in [5, 5.41) is 5.85. The number of aryl methyl sites for hydroxylation is 1. The first-order valence-corrected chi connectivity index (χ1v) is 5.72. The predicted octanol–water partition coefficient (Wildman–Crippen LogP) is 1.93. The maximum atomic E-state index is 11.7. The Kier molecular flexibility index (Phi) is 5.25. The molecule has 0 saturated heterocycles. The molecule has 0 aliphatic heterocycles. The summed E-state index contributed by atoms with van der Waals surface area (Å²) in [5.74, 6) is 2.52. The van der Waals surface area contributed by atoms with Crippen molar-refractivity contribution in [1.82, 2.24) is 5.32 Å².